The summed E-state index contributed by atoms with van der Waals surface area (Å²) in [7, 11) is 0. The first kappa shape index (κ1) is 28.9. The smallest absolute Gasteiger partial charge is 0.193 e. The summed E-state index contributed by atoms with van der Waals surface area (Å²) in [5.74, 6) is 1.66. The highest BCUT2D eigenvalue weighted by Crippen LogP contribution is 2.19. The summed E-state index contributed by atoms with van der Waals surface area (Å²) in [4.78, 5) is 12.8. The molecule has 0 aliphatic heterocycles. The van der Waals surface area contributed by atoms with E-state index >= 15 is 0 Å². The minimum absolute atomic E-state index is 0.0186. The minimum atomic E-state index is 0.0186. The van der Waals surface area contributed by atoms with Gasteiger partial charge in [0.1, 0.15) is 11.5 Å². The first-order valence-electron chi connectivity index (χ1n) is 12.9. The van der Waals surface area contributed by atoms with Crippen molar-refractivity contribution in [3.63, 3.8) is 0 Å². The molecule has 3 nitrogen and oxygen atoms in total. The molecule has 0 aliphatic rings. The third-order valence-corrected chi connectivity index (χ3v) is 6.95. The van der Waals surface area contributed by atoms with E-state index < -0.39 is 0 Å². The molecule has 0 radical (unpaired) electrons. The molecular formula is C29H40Br2O3. The molecule has 5 heteroatoms. The molecule has 0 aliphatic carbocycles. The molecule has 0 bridgehead atoms. The zero-order chi connectivity index (χ0) is 24.3. The fraction of sp³-hybridized carbons (Fsp3) is 0.552. The van der Waals surface area contributed by atoms with Crippen LogP contribution in [0.1, 0.15) is 93.0 Å². The number of carbonyl (C=O) groups excluding carboxylic acids is 1. The molecule has 0 atom stereocenters. The Balaban J connectivity index is 1.65. The number of benzene rings is 2. The molecule has 0 saturated heterocycles. The van der Waals surface area contributed by atoms with E-state index in [1.807, 2.05) is 48.5 Å². The summed E-state index contributed by atoms with van der Waals surface area (Å²) in [5.41, 5.74) is 1.35. The predicted molar refractivity (Wildman–Crippen MR) is 150 cm³/mol. The summed E-state index contributed by atoms with van der Waals surface area (Å²) in [6.07, 6.45) is 14.8. The van der Waals surface area contributed by atoms with Crippen LogP contribution in [0.4, 0.5) is 0 Å². The highest BCUT2D eigenvalue weighted by molar-refractivity contribution is 9.09. The van der Waals surface area contributed by atoms with Crippen molar-refractivity contribution in [2.24, 2.45) is 0 Å². The van der Waals surface area contributed by atoms with Gasteiger partial charge < -0.3 is 9.47 Å². The Morgan fingerprint density at radius 3 is 1.18 bits per heavy atom. The Kier molecular flexibility index (Phi) is 16.1. The highest BCUT2D eigenvalue weighted by atomic mass is 79.9. The maximum Gasteiger partial charge on any atom is 0.193 e. The quantitative estimate of drug-likeness (QED) is 0.0869. The van der Waals surface area contributed by atoms with Gasteiger partial charge in [0.05, 0.1) is 13.2 Å². The molecule has 188 valence electrons. The van der Waals surface area contributed by atoms with E-state index in [0.29, 0.717) is 11.1 Å². The van der Waals surface area contributed by atoms with Gasteiger partial charge in [0.2, 0.25) is 0 Å². The zero-order valence-corrected chi connectivity index (χ0v) is 23.6. The molecular weight excluding hydrogens is 556 g/mol. The average molecular weight is 596 g/mol. The lowest BCUT2D eigenvalue weighted by atomic mass is 10.0. The van der Waals surface area contributed by atoms with Crippen LogP contribution in [-0.2, 0) is 0 Å². The lowest BCUT2D eigenvalue weighted by molar-refractivity contribution is 0.103. The Bertz CT molecular complexity index is 709. The second-order valence-electron chi connectivity index (χ2n) is 8.70. The molecule has 0 amide bonds. The Hall–Kier alpha value is -1.33. The molecule has 0 spiro atoms. The van der Waals surface area contributed by atoms with Crippen molar-refractivity contribution in [3.8, 4) is 11.5 Å². The topological polar surface area (TPSA) is 35.5 Å². The molecule has 2 aromatic rings. The summed E-state index contributed by atoms with van der Waals surface area (Å²) in [6.45, 7) is 1.45. The molecule has 0 N–H and O–H groups in total. The van der Waals surface area contributed by atoms with Gasteiger partial charge in [-0.15, -0.1) is 0 Å². The van der Waals surface area contributed by atoms with Gasteiger partial charge in [0.15, 0.2) is 5.78 Å². The van der Waals surface area contributed by atoms with Crippen LogP contribution < -0.4 is 9.47 Å². The molecule has 0 aromatic heterocycles. The van der Waals surface area contributed by atoms with Crippen molar-refractivity contribution in [2.75, 3.05) is 23.9 Å². The maximum absolute atomic E-state index is 12.8. The number of unbranched alkanes of at least 4 members (excludes halogenated alkanes) is 10. The number of hydrogen-bond donors (Lipinski definition) is 0. The van der Waals surface area contributed by atoms with Crippen molar-refractivity contribution in [3.05, 3.63) is 59.7 Å². The summed E-state index contributed by atoms with van der Waals surface area (Å²) >= 11 is 6.94. The molecule has 2 rings (SSSR count). The van der Waals surface area contributed by atoms with Gasteiger partial charge in [0.25, 0.3) is 0 Å². The van der Waals surface area contributed by atoms with E-state index in [1.165, 1.54) is 64.2 Å². The van der Waals surface area contributed by atoms with Gasteiger partial charge >= 0.3 is 0 Å². The number of carbonyl (C=O) groups is 1. The number of rotatable bonds is 20. The molecule has 0 saturated carbocycles. The SMILES string of the molecule is O=C(c1ccc(OCCCCCCCCBr)cc1)c1ccc(OCCCCCCCCBr)cc1. The second kappa shape index (κ2) is 18.9. The van der Waals surface area contributed by atoms with Crippen molar-refractivity contribution >= 4 is 37.6 Å². The molecule has 0 unspecified atom stereocenters. The van der Waals surface area contributed by atoms with Crippen molar-refractivity contribution < 1.29 is 14.3 Å². The van der Waals surface area contributed by atoms with Crippen molar-refractivity contribution in [1.82, 2.24) is 0 Å². The zero-order valence-electron chi connectivity index (χ0n) is 20.4. The fourth-order valence-electron chi connectivity index (χ4n) is 3.76. The normalized spacial score (nSPS) is 10.9. The van der Waals surface area contributed by atoms with Gasteiger partial charge in [-0.05, 0) is 74.2 Å². The van der Waals surface area contributed by atoms with E-state index in [9.17, 15) is 4.79 Å². The summed E-state index contributed by atoms with van der Waals surface area (Å²) in [5, 5.41) is 2.21. The van der Waals surface area contributed by atoms with Gasteiger partial charge in [-0.1, -0.05) is 83.2 Å². The minimum Gasteiger partial charge on any atom is -0.494 e. The lowest BCUT2D eigenvalue weighted by Gasteiger charge is -2.08. The van der Waals surface area contributed by atoms with E-state index in [1.54, 1.807) is 0 Å². The van der Waals surface area contributed by atoms with E-state index in [4.69, 9.17) is 9.47 Å². The molecule has 0 heterocycles. The van der Waals surface area contributed by atoms with Gasteiger partial charge in [0, 0.05) is 21.8 Å². The number of ketones is 1. The fourth-order valence-corrected chi connectivity index (χ4v) is 4.55. The van der Waals surface area contributed by atoms with Crippen LogP contribution in [0.5, 0.6) is 11.5 Å². The Morgan fingerprint density at radius 1 is 0.500 bits per heavy atom. The Labute approximate surface area is 223 Å². The number of halogens is 2. The monoisotopic (exact) mass is 594 g/mol. The molecule has 34 heavy (non-hydrogen) atoms. The standard InChI is InChI=1S/C29H40Br2O3/c30-21-9-5-1-3-7-11-23-33-27-17-13-25(14-18-27)29(32)26-15-19-28(20-16-26)34-24-12-8-4-2-6-10-22-31/h13-20H,1-12,21-24H2. The molecule has 2 aromatic carbocycles. The average Bonchev–Trinajstić information content (AvgIpc) is 2.87. The first-order valence-corrected chi connectivity index (χ1v) is 15.1. The Morgan fingerprint density at radius 2 is 0.824 bits per heavy atom. The van der Waals surface area contributed by atoms with Gasteiger partial charge in [-0.2, -0.15) is 0 Å². The van der Waals surface area contributed by atoms with E-state index in [0.717, 1.165) is 48.2 Å². The van der Waals surface area contributed by atoms with E-state index in [-0.39, 0.29) is 5.78 Å². The maximum atomic E-state index is 12.8. The van der Waals surface area contributed by atoms with Gasteiger partial charge in [-0.25, -0.2) is 0 Å². The number of alkyl halides is 2. The van der Waals surface area contributed by atoms with Crippen LogP contribution in [0.2, 0.25) is 0 Å². The third-order valence-electron chi connectivity index (χ3n) is 5.83. The van der Waals surface area contributed by atoms with Crippen LogP contribution in [0.3, 0.4) is 0 Å². The van der Waals surface area contributed by atoms with Crippen LogP contribution in [0, 0.1) is 0 Å². The van der Waals surface area contributed by atoms with Crippen LogP contribution >= 0.6 is 31.9 Å². The number of ether oxygens (including phenoxy) is 2. The number of hydrogen-bond acceptors (Lipinski definition) is 3. The van der Waals surface area contributed by atoms with Gasteiger partial charge in [-0.3, -0.25) is 4.79 Å². The largest absolute Gasteiger partial charge is 0.494 e. The van der Waals surface area contributed by atoms with Crippen molar-refractivity contribution in [2.45, 2.75) is 77.0 Å². The third kappa shape index (κ3) is 12.4. The summed E-state index contributed by atoms with van der Waals surface area (Å²) < 4.78 is 11.7. The van der Waals surface area contributed by atoms with Crippen LogP contribution in [0.25, 0.3) is 0 Å². The van der Waals surface area contributed by atoms with E-state index in [2.05, 4.69) is 31.9 Å². The van der Waals surface area contributed by atoms with Crippen LogP contribution in [-0.4, -0.2) is 29.7 Å². The van der Waals surface area contributed by atoms with Crippen molar-refractivity contribution in [1.29, 1.82) is 0 Å². The summed E-state index contributed by atoms with van der Waals surface area (Å²) in [6, 6.07) is 14.9. The molecule has 0 fully saturated rings. The second-order valence-corrected chi connectivity index (χ2v) is 10.3. The van der Waals surface area contributed by atoms with Crippen LogP contribution in [0.15, 0.2) is 48.5 Å². The highest BCUT2D eigenvalue weighted by Gasteiger charge is 2.09. The lowest BCUT2D eigenvalue weighted by Crippen LogP contribution is -2.03. The first-order chi connectivity index (χ1) is 16.7. The predicted octanol–water partition coefficient (Wildman–Crippen LogP) is 9.15.